The zero-order valence-electron chi connectivity index (χ0n) is 11.7. The Labute approximate surface area is 110 Å². The van der Waals surface area contributed by atoms with Gasteiger partial charge in [0.25, 0.3) is 0 Å². The van der Waals surface area contributed by atoms with Crippen LogP contribution in [0.1, 0.15) is 51.3 Å². The Hall–Kier alpha value is -0.870. The first-order valence-corrected chi connectivity index (χ1v) is 7.29. The summed E-state index contributed by atoms with van der Waals surface area (Å²) >= 11 is 0. The number of nitrogens with zero attached hydrogens (tertiary/aromatic N) is 3. The van der Waals surface area contributed by atoms with Crippen molar-refractivity contribution in [3.05, 3.63) is 18.0 Å². The Morgan fingerprint density at radius 1 is 1.39 bits per heavy atom. The topological polar surface area (TPSA) is 47.1 Å². The number of aromatic nitrogens is 2. The lowest BCUT2D eigenvalue weighted by Crippen LogP contribution is -2.41. The molecule has 2 rings (SSSR count). The SMILES string of the molecule is CCCN1CCCCC(N)C1c1ccnn1CC. The lowest BCUT2D eigenvalue weighted by atomic mass is 10.0. The highest BCUT2D eigenvalue weighted by atomic mass is 15.3. The number of likely N-dealkylation sites (tertiary alicyclic amines) is 1. The molecule has 2 N–H and O–H groups in total. The van der Waals surface area contributed by atoms with Gasteiger partial charge in [-0.25, -0.2) is 0 Å². The van der Waals surface area contributed by atoms with Gasteiger partial charge in [0.15, 0.2) is 0 Å². The second-order valence-corrected chi connectivity index (χ2v) is 5.21. The van der Waals surface area contributed by atoms with Gasteiger partial charge in [-0.3, -0.25) is 9.58 Å². The predicted molar refractivity (Wildman–Crippen MR) is 74.3 cm³/mol. The first kappa shape index (κ1) is 13.6. The van der Waals surface area contributed by atoms with Crippen LogP contribution < -0.4 is 5.73 Å². The van der Waals surface area contributed by atoms with E-state index in [0.29, 0.717) is 6.04 Å². The largest absolute Gasteiger partial charge is 0.326 e. The van der Waals surface area contributed by atoms with Gasteiger partial charge < -0.3 is 5.73 Å². The highest BCUT2D eigenvalue weighted by molar-refractivity contribution is 5.11. The normalized spacial score (nSPS) is 26.2. The molecule has 0 saturated carbocycles. The average Bonchev–Trinajstić information content (AvgIpc) is 2.75. The Morgan fingerprint density at radius 2 is 2.22 bits per heavy atom. The van der Waals surface area contributed by atoms with Crippen LogP contribution in [0.4, 0.5) is 0 Å². The second kappa shape index (κ2) is 6.34. The monoisotopic (exact) mass is 250 g/mol. The van der Waals surface area contributed by atoms with Crippen LogP contribution in [0, 0.1) is 0 Å². The summed E-state index contributed by atoms with van der Waals surface area (Å²) in [7, 11) is 0. The van der Waals surface area contributed by atoms with Gasteiger partial charge in [-0.15, -0.1) is 0 Å². The molecule has 0 bridgehead atoms. The molecule has 0 amide bonds. The molecule has 0 spiro atoms. The standard InChI is InChI=1S/C14H26N4/c1-3-10-17-11-6-5-7-12(15)14(17)13-8-9-16-18(13)4-2/h8-9,12,14H,3-7,10-11,15H2,1-2H3. The highest BCUT2D eigenvalue weighted by Crippen LogP contribution is 2.29. The summed E-state index contributed by atoms with van der Waals surface area (Å²) in [6, 6.07) is 2.72. The minimum Gasteiger partial charge on any atom is -0.326 e. The molecule has 2 atom stereocenters. The number of hydrogen-bond donors (Lipinski definition) is 1. The Bertz CT molecular complexity index is 360. The van der Waals surface area contributed by atoms with Gasteiger partial charge >= 0.3 is 0 Å². The molecule has 4 nitrogen and oxygen atoms in total. The van der Waals surface area contributed by atoms with Gasteiger partial charge in [0, 0.05) is 18.8 Å². The zero-order valence-corrected chi connectivity index (χ0v) is 11.7. The third-order valence-corrected chi connectivity index (χ3v) is 3.89. The first-order valence-electron chi connectivity index (χ1n) is 7.29. The maximum atomic E-state index is 6.43. The molecular formula is C14H26N4. The molecule has 1 aromatic heterocycles. The van der Waals surface area contributed by atoms with E-state index in [-0.39, 0.29) is 6.04 Å². The molecule has 1 fully saturated rings. The fourth-order valence-corrected chi connectivity index (χ4v) is 3.07. The van der Waals surface area contributed by atoms with Crippen molar-refractivity contribution in [3.8, 4) is 0 Å². The van der Waals surface area contributed by atoms with Gasteiger partial charge in [0.2, 0.25) is 0 Å². The molecule has 0 radical (unpaired) electrons. The van der Waals surface area contributed by atoms with Crippen LogP contribution in [0.25, 0.3) is 0 Å². The summed E-state index contributed by atoms with van der Waals surface area (Å²) in [6.45, 7) is 7.60. The Kier molecular flexibility index (Phi) is 4.78. The van der Waals surface area contributed by atoms with Crippen molar-refractivity contribution >= 4 is 0 Å². The smallest absolute Gasteiger partial charge is 0.0670 e. The summed E-state index contributed by atoms with van der Waals surface area (Å²) in [5.41, 5.74) is 7.72. The van der Waals surface area contributed by atoms with Crippen LogP contribution in [0.2, 0.25) is 0 Å². The van der Waals surface area contributed by atoms with E-state index in [1.54, 1.807) is 0 Å². The summed E-state index contributed by atoms with van der Waals surface area (Å²) in [5, 5.41) is 4.40. The van der Waals surface area contributed by atoms with Gasteiger partial charge in [0.1, 0.15) is 0 Å². The highest BCUT2D eigenvalue weighted by Gasteiger charge is 2.30. The van der Waals surface area contributed by atoms with Gasteiger partial charge in [-0.05, 0) is 45.3 Å². The van der Waals surface area contributed by atoms with Crippen LogP contribution in [0.3, 0.4) is 0 Å². The summed E-state index contributed by atoms with van der Waals surface area (Å²) in [5.74, 6) is 0. The van der Waals surface area contributed by atoms with Crippen molar-refractivity contribution in [2.45, 2.75) is 58.2 Å². The molecule has 0 aliphatic carbocycles. The molecule has 2 unspecified atom stereocenters. The van der Waals surface area contributed by atoms with Crippen LogP contribution in [0.15, 0.2) is 12.3 Å². The van der Waals surface area contributed by atoms with Gasteiger partial charge in [0.05, 0.1) is 11.7 Å². The summed E-state index contributed by atoms with van der Waals surface area (Å²) < 4.78 is 2.10. The maximum Gasteiger partial charge on any atom is 0.0670 e. The molecular weight excluding hydrogens is 224 g/mol. The maximum absolute atomic E-state index is 6.43. The molecule has 1 aromatic rings. The lowest BCUT2D eigenvalue weighted by Gasteiger charge is -2.33. The van der Waals surface area contributed by atoms with E-state index in [0.717, 1.165) is 19.5 Å². The third kappa shape index (κ3) is 2.75. The lowest BCUT2D eigenvalue weighted by molar-refractivity contribution is 0.176. The van der Waals surface area contributed by atoms with E-state index in [1.807, 2.05) is 6.20 Å². The van der Waals surface area contributed by atoms with Crippen molar-refractivity contribution in [3.63, 3.8) is 0 Å². The van der Waals surface area contributed by atoms with Crippen molar-refractivity contribution in [1.29, 1.82) is 0 Å². The predicted octanol–water partition coefficient (Wildman–Crippen LogP) is 2.17. The van der Waals surface area contributed by atoms with Gasteiger partial charge in [-0.1, -0.05) is 13.3 Å². The van der Waals surface area contributed by atoms with E-state index in [4.69, 9.17) is 5.73 Å². The molecule has 4 heteroatoms. The summed E-state index contributed by atoms with van der Waals surface area (Å²) in [6.07, 6.45) is 6.73. The molecule has 2 heterocycles. The van der Waals surface area contributed by atoms with Crippen molar-refractivity contribution in [2.24, 2.45) is 5.73 Å². The quantitative estimate of drug-likeness (QED) is 0.891. The number of aryl methyl sites for hydroxylation is 1. The zero-order chi connectivity index (χ0) is 13.0. The molecule has 1 aliphatic rings. The molecule has 1 aliphatic heterocycles. The Balaban J connectivity index is 2.28. The number of hydrogen-bond acceptors (Lipinski definition) is 3. The molecule has 1 saturated heterocycles. The van der Waals surface area contributed by atoms with Gasteiger partial charge in [-0.2, -0.15) is 5.10 Å². The van der Waals surface area contributed by atoms with E-state index < -0.39 is 0 Å². The van der Waals surface area contributed by atoms with Crippen molar-refractivity contribution in [2.75, 3.05) is 13.1 Å². The Morgan fingerprint density at radius 3 is 2.94 bits per heavy atom. The summed E-state index contributed by atoms with van der Waals surface area (Å²) in [4.78, 5) is 2.56. The van der Waals surface area contributed by atoms with Crippen LogP contribution >= 0.6 is 0 Å². The van der Waals surface area contributed by atoms with E-state index in [1.165, 1.54) is 31.5 Å². The van der Waals surface area contributed by atoms with E-state index >= 15 is 0 Å². The number of nitrogens with two attached hydrogens (primary N) is 1. The van der Waals surface area contributed by atoms with Crippen LogP contribution in [-0.4, -0.2) is 33.8 Å². The van der Waals surface area contributed by atoms with Crippen molar-refractivity contribution < 1.29 is 0 Å². The fourth-order valence-electron chi connectivity index (χ4n) is 3.07. The molecule has 18 heavy (non-hydrogen) atoms. The van der Waals surface area contributed by atoms with E-state index in [2.05, 4.69) is 34.6 Å². The average molecular weight is 250 g/mol. The molecule has 0 aromatic carbocycles. The number of rotatable bonds is 4. The minimum atomic E-state index is 0.237. The second-order valence-electron chi connectivity index (χ2n) is 5.21. The third-order valence-electron chi connectivity index (χ3n) is 3.89. The minimum absolute atomic E-state index is 0.237. The molecule has 102 valence electrons. The van der Waals surface area contributed by atoms with Crippen LogP contribution in [0.5, 0.6) is 0 Å². The van der Waals surface area contributed by atoms with E-state index in [9.17, 15) is 0 Å². The first-order chi connectivity index (χ1) is 8.77. The fraction of sp³-hybridized carbons (Fsp3) is 0.786. The van der Waals surface area contributed by atoms with Crippen LogP contribution in [-0.2, 0) is 6.54 Å². The van der Waals surface area contributed by atoms with Crippen molar-refractivity contribution in [1.82, 2.24) is 14.7 Å².